The number of hydrogen-bond acceptors (Lipinski definition) is 2. The Morgan fingerprint density at radius 3 is 2.94 bits per heavy atom. The fraction of sp³-hybridized carbons (Fsp3) is 0.357. The van der Waals surface area contributed by atoms with E-state index in [0.29, 0.717) is 11.4 Å². The molecule has 0 aliphatic rings. The van der Waals surface area contributed by atoms with Gasteiger partial charge in [0.2, 0.25) is 0 Å². The van der Waals surface area contributed by atoms with E-state index in [0.717, 1.165) is 36.7 Å². The fourth-order valence-electron chi connectivity index (χ4n) is 1.97. The second-order valence-electron chi connectivity index (χ2n) is 4.46. The van der Waals surface area contributed by atoms with Gasteiger partial charge in [-0.1, -0.05) is 31.9 Å². The Kier molecular flexibility index (Phi) is 3.87. The summed E-state index contributed by atoms with van der Waals surface area (Å²) in [6, 6.07) is 7.48. The van der Waals surface area contributed by atoms with Gasteiger partial charge >= 0.3 is 0 Å². The molecule has 2 rings (SSSR count). The first kappa shape index (κ1) is 12.5. The van der Waals surface area contributed by atoms with Crippen molar-refractivity contribution in [1.29, 1.82) is 0 Å². The van der Waals surface area contributed by atoms with E-state index in [2.05, 4.69) is 17.2 Å². The highest BCUT2D eigenvalue weighted by Crippen LogP contribution is 2.20. The molecule has 1 amide bonds. The van der Waals surface area contributed by atoms with Crippen LogP contribution in [0.3, 0.4) is 0 Å². The van der Waals surface area contributed by atoms with Gasteiger partial charge < -0.3 is 16.0 Å². The number of nitrogens with two attached hydrogens (primary N) is 1. The van der Waals surface area contributed by atoms with Gasteiger partial charge in [0, 0.05) is 11.9 Å². The Balaban J connectivity index is 2.06. The van der Waals surface area contributed by atoms with Crippen molar-refractivity contribution >= 4 is 22.5 Å². The Labute approximate surface area is 107 Å². The Hall–Kier alpha value is -1.97. The first-order valence-electron chi connectivity index (χ1n) is 6.37. The molecule has 4 nitrogen and oxygen atoms in total. The summed E-state index contributed by atoms with van der Waals surface area (Å²) in [5.41, 5.74) is 7.91. The van der Waals surface area contributed by atoms with E-state index in [9.17, 15) is 4.79 Å². The van der Waals surface area contributed by atoms with Crippen LogP contribution in [0.25, 0.3) is 10.9 Å². The number of nitrogen functional groups attached to an aromatic ring is 1. The van der Waals surface area contributed by atoms with Crippen LogP contribution in [-0.4, -0.2) is 17.4 Å². The molecule has 0 aliphatic carbocycles. The van der Waals surface area contributed by atoms with Gasteiger partial charge in [0.1, 0.15) is 5.69 Å². The molecule has 1 heterocycles. The van der Waals surface area contributed by atoms with E-state index in [-0.39, 0.29) is 5.91 Å². The lowest BCUT2D eigenvalue weighted by Gasteiger charge is -2.02. The van der Waals surface area contributed by atoms with Gasteiger partial charge in [-0.25, -0.2) is 0 Å². The molecule has 0 spiro atoms. The quantitative estimate of drug-likeness (QED) is 0.560. The van der Waals surface area contributed by atoms with E-state index in [1.54, 1.807) is 0 Å². The molecular weight excluding hydrogens is 226 g/mol. The number of aromatic amines is 1. The number of carbonyl (C=O) groups is 1. The van der Waals surface area contributed by atoms with Crippen LogP contribution < -0.4 is 11.1 Å². The maximum Gasteiger partial charge on any atom is 0.267 e. The minimum Gasteiger partial charge on any atom is -0.397 e. The Morgan fingerprint density at radius 2 is 2.22 bits per heavy atom. The number of unbranched alkanes of at least 4 members (excludes halogenated alkanes) is 2. The highest BCUT2D eigenvalue weighted by atomic mass is 16.1. The van der Waals surface area contributed by atoms with E-state index in [1.165, 1.54) is 0 Å². The van der Waals surface area contributed by atoms with Crippen LogP contribution in [0.15, 0.2) is 24.3 Å². The number of H-pyrrole nitrogens is 1. The number of carbonyl (C=O) groups excluding carboxylic acids is 1. The van der Waals surface area contributed by atoms with Gasteiger partial charge in [0.25, 0.3) is 5.91 Å². The zero-order chi connectivity index (χ0) is 13.0. The minimum absolute atomic E-state index is 0.0679. The summed E-state index contributed by atoms with van der Waals surface area (Å²) >= 11 is 0. The second-order valence-corrected chi connectivity index (χ2v) is 4.46. The SMILES string of the molecule is CCCCCNC(=O)c1cc2cccc(N)c2[nH]1. The largest absolute Gasteiger partial charge is 0.397 e. The van der Waals surface area contributed by atoms with Gasteiger partial charge in [0.05, 0.1) is 11.2 Å². The van der Waals surface area contributed by atoms with E-state index in [1.807, 2.05) is 24.3 Å². The molecule has 0 saturated carbocycles. The lowest BCUT2D eigenvalue weighted by molar-refractivity contribution is 0.0949. The number of aromatic nitrogens is 1. The topological polar surface area (TPSA) is 70.9 Å². The lowest BCUT2D eigenvalue weighted by atomic mass is 10.2. The van der Waals surface area contributed by atoms with Crippen molar-refractivity contribution in [2.75, 3.05) is 12.3 Å². The van der Waals surface area contributed by atoms with Gasteiger partial charge in [-0.15, -0.1) is 0 Å². The van der Waals surface area contributed by atoms with Crippen molar-refractivity contribution in [1.82, 2.24) is 10.3 Å². The van der Waals surface area contributed by atoms with Crippen LogP contribution >= 0.6 is 0 Å². The van der Waals surface area contributed by atoms with Gasteiger partial charge in [0.15, 0.2) is 0 Å². The third-order valence-corrected chi connectivity index (χ3v) is 3.00. The number of para-hydroxylation sites is 1. The number of fused-ring (bicyclic) bond motifs is 1. The van der Waals surface area contributed by atoms with Crippen LogP contribution in [0.5, 0.6) is 0 Å². The molecule has 1 aromatic carbocycles. The number of amides is 1. The summed E-state index contributed by atoms with van der Waals surface area (Å²) in [5.74, 6) is -0.0679. The van der Waals surface area contributed by atoms with Crippen molar-refractivity contribution in [2.45, 2.75) is 26.2 Å². The van der Waals surface area contributed by atoms with Gasteiger partial charge in [-0.05, 0) is 18.6 Å². The minimum atomic E-state index is -0.0679. The maximum atomic E-state index is 11.9. The average molecular weight is 245 g/mol. The molecule has 4 heteroatoms. The van der Waals surface area contributed by atoms with Crippen LogP contribution in [0, 0.1) is 0 Å². The predicted octanol–water partition coefficient (Wildman–Crippen LogP) is 2.67. The van der Waals surface area contributed by atoms with Gasteiger partial charge in [-0.2, -0.15) is 0 Å². The standard InChI is InChI=1S/C14H19N3O/c1-2-3-4-8-16-14(18)12-9-10-6-5-7-11(15)13(10)17-12/h5-7,9,17H,2-4,8,15H2,1H3,(H,16,18). The molecule has 0 aliphatic heterocycles. The van der Waals surface area contributed by atoms with Crippen LogP contribution in [0.2, 0.25) is 0 Å². The number of anilines is 1. The predicted molar refractivity (Wildman–Crippen MR) is 74.6 cm³/mol. The Morgan fingerprint density at radius 1 is 1.39 bits per heavy atom. The summed E-state index contributed by atoms with van der Waals surface area (Å²) < 4.78 is 0. The zero-order valence-corrected chi connectivity index (χ0v) is 10.6. The van der Waals surface area contributed by atoms with Crippen molar-refractivity contribution in [3.8, 4) is 0 Å². The molecule has 2 aromatic rings. The number of nitrogens with one attached hydrogen (secondary N) is 2. The summed E-state index contributed by atoms with van der Waals surface area (Å²) in [6.45, 7) is 2.86. The lowest BCUT2D eigenvalue weighted by Crippen LogP contribution is -2.24. The number of benzene rings is 1. The van der Waals surface area contributed by atoms with Gasteiger partial charge in [-0.3, -0.25) is 4.79 Å². The number of rotatable bonds is 5. The van der Waals surface area contributed by atoms with E-state index >= 15 is 0 Å². The third-order valence-electron chi connectivity index (χ3n) is 3.00. The monoisotopic (exact) mass is 245 g/mol. The highest BCUT2D eigenvalue weighted by molar-refractivity contribution is 6.00. The smallest absolute Gasteiger partial charge is 0.267 e. The first-order chi connectivity index (χ1) is 8.72. The van der Waals surface area contributed by atoms with Crippen LogP contribution in [-0.2, 0) is 0 Å². The molecule has 0 bridgehead atoms. The fourth-order valence-corrected chi connectivity index (χ4v) is 1.97. The first-order valence-corrected chi connectivity index (χ1v) is 6.37. The summed E-state index contributed by atoms with van der Waals surface area (Å²) in [7, 11) is 0. The summed E-state index contributed by atoms with van der Waals surface area (Å²) in [6.07, 6.45) is 3.31. The Bertz CT molecular complexity index is 545. The van der Waals surface area contributed by atoms with Crippen molar-refractivity contribution in [3.63, 3.8) is 0 Å². The molecule has 1 aromatic heterocycles. The third kappa shape index (κ3) is 2.64. The highest BCUT2D eigenvalue weighted by Gasteiger charge is 2.09. The molecular formula is C14H19N3O. The molecule has 96 valence electrons. The molecule has 0 unspecified atom stereocenters. The molecule has 0 saturated heterocycles. The molecule has 0 fully saturated rings. The summed E-state index contributed by atoms with van der Waals surface area (Å²) in [5, 5.41) is 3.87. The normalized spacial score (nSPS) is 10.7. The van der Waals surface area contributed by atoms with E-state index in [4.69, 9.17) is 5.73 Å². The second kappa shape index (κ2) is 5.58. The average Bonchev–Trinajstić information content (AvgIpc) is 2.80. The van der Waals surface area contributed by atoms with Crippen molar-refractivity contribution in [2.24, 2.45) is 0 Å². The molecule has 0 radical (unpaired) electrons. The van der Waals surface area contributed by atoms with Crippen LogP contribution in [0.1, 0.15) is 36.7 Å². The molecule has 4 N–H and O–H groups in total. The maximum absolute atomic E-state index is 11.9. The summed E-state index contributed by atoms with van der Waals surface area (Å²) in [4.78, 5) is 15.0. The van der Waals surface area contributed by atoms with Crippen molar-refractivity contribution < 1.29 is 4.79 Å². The number of hydrogen-bond donors (Lipinski definition) is 3. The van der Waals surface area contributed by atoms with E-state index < -0.39 is 0 Å². The zero-order valence-electron chi connectivity index (χ0n) is 10.6. The van der Waals surface area contributed by atoms with Crippen molar-refractivity contribution in [3.05, 3.63) is 30.0 Å². The molecule has 18 heavy (non-hydrogen) atoms. The molecule has 0 atom stereocenters. The van der Waals surface area contributed by atoms with Crippen LogP contribution in [0.4, 0.5) is 5.69 Å².